The van der Waals surface area contributed by atoms with Gasteiger partial charge in [-0.25, -0.2) is 4.79 Å². The van der Waals surface area contributed by atoms with Gasteiger partial charge in [0.05, 0.1) is 6.10 Å². The molecule has 0 bridgehead atoms. The first-order valence-electron chi connectivity index (χ1n) is 4.61. The highest BCUT2D eigenvalue weighted by atomic mass is 16.3. The lowest BCUT2D eigenvalue weighted by molar-refractivity contribution is 0.154. The average Bonchev–Trinajstić information content (AvgIpc) is 2.16. The van der Waals surface area contributed by atoms with Gasteiger partial charge in [-0.2, -0.15) is 0 Å². The van der Waals surface area contributed by atoms with Crippen LogP contribution in [0.3, 0.4) is 0 Å². The minimum atomic E-state index is -0.826. The first-order valence-corrected chi connectivity index (χ1v) is 4.61. The molecule has 1 aromatic carbocycles. The van der Waals surface area contributed by atoms with Gasteiger partial charge in [-0.3, -0.25) is 0 Å². The minimum Gasteiger partial charge on any atom is -0.387 e. The van der Waals surface area contributed by atoms with Crippen molar-refractivity contribution in [2.24, 2.45) is 11.5 Å². The fourth-order valence-corrected chi connectivity index (χ4v) is 1.28. The van der Waals surface area contributed by atoms with Gasteiger partial charge in [-0.1, -0.05) is 18.2 Å². The van der Waals surface area contributed by atoms with Crippen LogP contribution < -0.4 is 16.8 Å². The molecule has 0 heterocycles. The maximum Gasteiger partial charge on any atom is 0.316 e. The van der Waals surface area contributed by atoms with Crippen molar-refractivity contribution in [3.63, 3.8) is 0 Å². The minimum absolute atomic E-state index is 0.416. The SMILES string of the molecule is CC(N)C(O)c1ccccc1NC(N)=O. The molecule has 0 radical (unpaired) electrons. The summed E-state index contributed by atoms with van der Waals surface area (Å²) in [7, 11) is 0. The van der Waals surface area contributed by atoms with E-state index in [-0.39, 0.29) is 0 Å². The summed E-state index contributed by atoms with van der Waals surface area (Å²) in [5.74, 6) is 0. The molecule has 0 saturated heterocycles. The number of benzene rings is 1. The summed E-state index contributed by atoms with van der Waals surface area (Å²) >= 11 is 0. The number of urea groups is 1. The van der Waals surface area contributed by atoms with Gasteiger partial charge < -0.3 is 21.9 Å². The molecule has 0 aliphatic carbocycles. The maximum atomic E-state index is 10.7. The van der Waals surface area contributed by atoms with Crippen LogP contribution in [-0.4, -0.2) is 17.2 Å². The summed E-state index contributed by atoms with van der Waals surface area (Å²) in [6, 6.07) is 5.76. The number of carbonyl (C=O) groups excluding carboxylic acids is 1. The molecule has 0 saturated carbocycles. The number of aliphatic hydroxyl groups excluding tert-OH is 1. The normalized spacial score (nSPS) is 14.3. The summed E-state index contributed by atoms with van der Waals surface area (Å²) in [6.07, 6.45) is -0.826. The standard InChI is InChI=1S/C10H15N3O2/c1-6(11)9(14)7-4-2-3-5-8(7)13-10(12)15/h2-6,9,14H,11H2,1H3,(H3,12,13,15). The second kappa shape index (κ2) is 4.77. The van der Waals surface area contributed by atoms with Crippen molar-refractivity contribution < 1.29 is 9.90 Å². The molecule has 0 aromatic heterocycles. The highest BCUT2D eigenvalue weighted by molar-refractivity contribution is 5.88. The summed E-state index contributed by atoms with van der Waals surface area (Å²) in [5, 5.41) is 12.2. The lowest BCUT2D eigenvalue weighted by Gasteiger charge is -2.18. The van der Waals surface area contributed by atoms with Crippen LogP contribution in [0.2, 0.25) is 0 Å². The molecule has 1 rings (SSSR count). The first-order chi connectivity index (χ1) is 7.02. The topological polar surface area (TPSA) is 101 Å². The molecule has 82 valence electrons. The quantitative estimate of drug-likeness (QED) is 0.585. The van der Waals surface area contributed by atoms with E-state index in [2.05, 4.69) is 5.32 Å². The van der Waals surface area contributed by atoms with E-state index in [1.165, 1.54) is 0 Å². The Hall–Kier alpha value is -1.59. The van der Waals surface area contributed by atoms with E-state index in [0.717, 1.165) is 0 Å². The number of para-hydroxylation sites is 1. The van der Waals surface area contributed by atoms with E-state index >= 15 is 0 Å². The Labute approximate surface area is 88.1 Å². The van der Waals surface area contributed by atoms with Crippen LogP contribution in [0.25, 0.3) is 0 Å². The van der Waals surface area contributed by atoms with Crippen molar-refractivity contribution in [2.45, 2.75) is 19.1 Å². The van der Waals surface area contributed by atoms with Gasteiger partial charge in [0.1, 0.15) is 0 Å². The molecule has 5 heteroatoms. The number of nitrogens with one attached hydrogen (secondary N) is 1. The van der Waals surface area contributed by atoms with Crippen LogP contribution in [0.15, 0.2) is 24.3 Å². The highest BCUT2D eigenvalue weighted by Gasteiger charge is 2.16. The van der Waals surface area contributed by atoms with Gasteiger partial charge in [-0.05, 0) is 13.0 Å². The molecular formula is C10H15N3O2. The monoisotopic (exact) mass is 209 g/mol. The van der Waals surface area contributed by atoms with Crippen LogP contribution in [0.1, 0.15) is 18.6 Å². The van der Waals surface area contributed by atoms with E-state index in [4.69, 9.17) is 11.5 Å². The predicted molar refractivity (Wildman–Crippen MR) is 58.3 cm³/mol. The zero-order valence-corrected chi connectivity index (χ0v) is 8.47. The second-order valence-electron chi connectivity index (χ2n) is 3.38. The fraction of sp³-hybridized carbons (Fsp3) is 0.300. The third kappa shape index (κ3) is 2.93. The van der Waals surface area contributed by atoms with Gasteiger partial charge in [0.25, 0.3) is 0 Å². The van der Waals surface area contributed by atoms with Crippen LogP contribution in [-0.2, 0) is 0 Å². The summed E-state index contributed by atoms with van der Waals surface area (Å²) < 4.78 is 0. The van der Waals surface area contributed by atoms with Crippen molar-refractivity contribution in [3.05, 3.63) is 29.8 Å². The summed E-state index contributed by atoms with van der Waals surface area (Å²) in [5.41, 5.74) is 11.6. The van der Waals surface area contributed by atoms with Crippen molar-refractivity contribution in [3.8, 4) is 0 Å². The Kier molecular flexibility index (Phi) is 3.65. The molecule has 0 spiro atoms. The largest absolute Gasteiger partial charge is 0.387 e. The van der Waals surface area contributed by atoms with E-state index < -0.39 is 18.2 Å². The molecule has 5 nitrogen and oxygen atoms in total. The molecule has 6 N–H and O–H groups in total. The van der Waals surface area contributed by atoms with Crippen molar-refractivity contribution >= 4 is 11.7 Å². The Morgan fingerprint density at radius 3 is 2.60 bits per heavy atom. The zero-order chi connectivity index (χ0) is 11.4. The number of anilines is 1. The van der Waals surface area contributed by atoms with E-state index in [1.54, 1.807) is 31.2 Å². The Morgan fingerprint density at radius 2 is 2.07 bits per heavy atom. The molecule has 2 atom stereocenters. The van der Waals surface area contributed by atoms with E-state index in [1.807, 2.05) is 0 Å². The van der Waals surface area contributed by atoms with E-state index in [9.17, 15) is 9.90 Å². The van der Waals surface area contributed by atoms with Crippen molar-refractivity contribution in [1.82, 2.24) is 0 Å². The lowest BCUT2D eigenvalue weighted by atomic mass is 10.0. The van der Waals surface area contributed by atoms with Crippen LogP contribution >= 0.6 is 0 Å². The first kappa shape index (κ1) is 11.5. The number of amides is 2. The van der Waals surface area contributed by atoms with Gasteiger partial charge in [0, 0.05) is 17.3 Å². The molecule has 0 aliphatic heterocycles. The Bertz CT molecular complexity index is 352. The molecule has 2 amide bonds. The molecule has 0 aliphatic rings. The highest BCUT2D eigenvalue weighted by Crippen LogP contribution is 2.24. The second-order valence-corrected chi connectivity index (χ2v) is 3.38. The average molecular weight is 209 g/mol. The Balaban J connectivity index is 3.00. The summed E-state index contributed by atoms with van der Waals surface area (Å²) in [6.45, 7) is 1.69. The molecule has 15 heavy (non-hydrogen) atoms. The maximum absolute atomic E-state index is 10.7. The van der Waals surface area contributed by atoms with Gasteiger partial charge in [0.15, 0.2) is 0 Å². The molecule has 1 aromatic rings. The van der Waals surface area contributed by atoms with Gasteiger partial charge in [-0.15, -0.1) is 0 Å². The molecular weight excluding hydrogens is 194 g/mol. The van der Waals surface area contributed by atoms with Crippen LogP contribution in [0, 0.1) is 0 Å². The number of rotatable bonds is 3. The third-order valence-electron chi connectivity index (χ3n) is 2.04. The smallest absolute Gasteiger partial charge is 0.316 e. The fourth-order valence-electron chi connectivity index (χ4n) is 1.28. The third-order valence-corrected chi connectivity index (χ3v) is 2.04. The zero-order valence-electron chi connectivity index (χ0n) is 8.47. The van der Waals surface area contributed by atoms with Crippen LogP contribution in [0.5, 0.6) is 0 Å². The number of carbonyl (C=O) groups is 1. The van der Waals surface area contributed by atoms with Crippen molar-refractivity contribution in [1.29, 1.82) is 0 Å². The van der Waals surface area contributed by atoms with Crippen molar-refractivity contribution in [2.75, 3.05) is 5.32 Å². The number of aliphatic hydroxyl groups is 1. The number of hydrogen-bond acceptors (Lipinski definition) is 3. The number of primary amides is 1. The van der Waals surface area contributed by atoms with Gasteiger partial charge in [0.2, 0.25) is 0 Å². The summed E-state index contributed by atoms with van der Waals surface area (Å²) in [4.78, 5) is 10.7. The number of hydrogen-bond donors (Lipinski definition) is 4. The van der Waals surface area contributed by atoms with Crippen LogP contribution in [0.4, 0.5) is 10.5 Å². The van der Waals surface area contributed by atoms with Gasteiger partial charge >= 0.3 is 6.03 Å². The predicted octanol–water partition coefficient (Wildman–Crippen LogP) is 0.558. The molecule has 2 unspecified atom stereocenters. The lowest BCUT2D eigenvalue weighted by Crippen LogP contribution is -2.26. The Morgan fingerprint density at radius 1 is 1.47 bits per heavy atom. The van der Waals surface area contributed by atoms with E-state index in [0.29, 0.717) is 11.3 Å². The number of nitrogens with two attached hydrogens (primary N) is 2. The molecule has 0 fully saturated rings.